The van der Waals surface area contributed by atoms with E-state index < -0.39 is 29.5 Å². The summed E-state index contributed by atoms with van der Waals surface area (Å²) in [7, 11) is 0. The summed E-state index contributed by atoms with van der Waals surface area (Å²) in [6.07, 6.45) is -5.36. The van der Waals surface area contributed by atoms with Crippen molar-refractivity contribution in [3.63, 3.8) is 0 Å². The first-order chi connectivity index (χ1) is 11.4. The van der Waals surface area contributed by atoms with Crippen molar-refractivity contribution >= 4 is 29.5 Å². The number of nitrogens with zero attached hydrogens (tertiary/aromatic N) is 1. The Balaban J connectivity index is 3.12. The van der Waals surface area contributed by atoms with Crippen molar-refractivity contribution in [3.05, 3.63) is 23.0 Å². The van der Waals surface area contributed by atoms with Gasteiger partial charge >= 0.3 is 12.1 Å². The Hall–Kier alpha value is -2.07. The third-order valence-corrected chi connectivity index (χ3v) is 3.55. The average Bonchev–Trinajstić information content (AvgIpc) is 2.49. The zero-order valence-corrected chi connectivity index (χ0v) is 13.8. The second-order valence-electron chi connectivity index (χ2n) is 4.95. The van der Waals surface area contributed by atoms with E-state index in [2.05, 4.69) is 5.10 Å². The Labute approximate surface area is 145 Å². The molecule has 25 heavy (non-hydrogen) atoms. The zero-order valence-electron chi connectivity index (χ0n) is 13.1. The molecule has 1 aromatic rings. The van der Waals surface area contributed by atoms with Gasteiger partial charge in [-0.3, -0.25) is 10.2 Å². The van der Waals surface area contributed by atoms with Crippen molar-refractivity contribution in [1.29, 1.82) is 0 Å². The van der Waals surface area contributed by atoms with Crippen molar-refractivity contribution in [2.75, 3.05) is 12.0 Å². The highest BCUT2D eigenvalue weighted by atomic mass is 35.5. The molecule has 6 nitrogen and oxygen atoms in total. The topological polar surface area (TPSA) is 91.1 Å². The van der Waals surface area contributed by atoms with Gasteiger partial charge in [0.15, 0.2) is 0 Å². The second kappa shape index (κ2) is 7.87. The highest BCUT2D eigenvalue weighted by Gasteiger charge is 2.58. The lowest BCUT2D eigenvalue weighted by atomic mass is 9.89. The quantitative estimate of drug-likeness (QED) is 0.380. The van der Waals surface area contributed by atoms with E-state index >= 15 is 0 Å². The van der Waals surface area contributed by atoms with E-state index in [0.717, 1.165) is 12.1 Å². The van der Waals surface area contributed by atoms with Crippen LogP contribution in [-0.2, 0) is 4.79 Å². The fraction of sp³-hybridized carbons (Fsp3) is 0.429. The molecule has 0 saturated carbocycles. The van der Waals surface area contributed by atoms with Gasteiger partial charge in [-0.1, -0.05) is 11.6 Å². The van der Waals surface area contributed by atoms with Crippen LogP contribution in [0.4, 0.5) is 23.2 Å². The molecule has 0 aromatic heterocycles. The third-order valence-electron chi connectivity index (χ3n) is 3.25. The number of rotatable bonds is 7. The Morgan fingerprint density at radius 1 is 1.48 bits per heavy atom. The summed E-state index contributed by atoms with van der Waals surface area (Å²) < 4.78 is 57.8. The van der Waals surface area contributed by atoms with Crippen molar-refractivity contribution in [2.45, 2.75) is 25.6 Å². The van der Waals surface area contributed by atoms with Crippen LogP contribution < -0.4 is 10.2 Å². The number of aliphatic hydroxyl groups is 1. The Kier molecular flexibility index (Phi) is 6.61. The average molecular weight is 387 g/mol. The molecule has 140 valence electrons. The molecule has 0 radical (unpaired) electrons. The summed E-state index contributed by atoms with van der Waals surface area (Å²) >= 11 is 5.74. The van der Waals surface area contributed by atoms with Crippen LogP contribution in [-0.4, -0.2) is 40.8 Å². The van der Waals surface area contributed by atoms with Crippen LogP contribution >= 0.6 is 11.6 Å². The minimum Gasteiger partial charge on any atom is -0.492 e. The molecule has 1 aromatic carbocycles. The molecule has 0 fully saturated rings. The van der Waals surface area contributed by atoms with Crippen LogP contribution in [0.25, 0.3) is 0 Å². The normalized spacial score (nSPS) is 15.7. The van der Waals surface area contributed by atoms with Crippen LogP contribution in [0.1, 0.15) is 13.8 Å². The van der Waals surface area contributed by atoms with Gasteiger partial charge in [-0.2, -0.15) is 18.3 Å². The van der Waals surface area contributed by atoms with Gasteiger partial charge in [0, 0.05) is 6.07 Å². The number of carboxylic acids is 1. The largest absolute Gasteiger partial charge is 0.492 e. The molecular formula is C14H15ClF4N2O4. The molecule has 2 atom stereocenters. The summed E-state index contributed by atoms with van der Waals surface area (Å²) in [4.78, 5) is 10.8. The molecule has 0 aliphatic carbocycles. The van der Waals surface area contributed by atoms with Crippen molar-refractivity contribution in [2.24, 2.45) is 11.0 Å². The predicted octanol–water partition coefficient (Wildman–Crippen LogP) is 3.29. The number of nitrogens with one attached hydrogen (secondary N) is 1. The van der Waals surface area contributed by atoms with Crippen molar-refractivity contribution in [1.82, 2.24) is 0 Å². The fourth-order valence-electron chi connectivity index (χ4n) is 1.70. The Morgan fingerprint density at radius 2 is 2.08 bits per heavy atom. The molecule has 0 spiro atoms. The maximum absolute atomic E-state index is 13.8. The number of aliphatic carboxylic acids is 1. The van der Waals surface area contributed by atoms with Gasteiger partial charge < -0.3 is 14.9 Å². The summed E-state index contributed by atoms with van der Waals surface area (Å²) in [5.41, 5.74) is -2.17. The van der Waals surface area contributed by atoms with Crippen LogP contribution in [0, 0.1) is 11.7 Å². The van der Waals surface area contributed by atoms with Gasteiger partial charge in [0.05, 0.1) is 29.4 Å². The van der Waals surface area contributed by atoms with E-state index in [4.69, 9.17) is 21.4 Å². The SMILES string of the molecule is CCOc1cc(N/N=C/C(O)(C(C)C(=O)O)C(F)(F)F)c(F)cc1Cl. The lowest BCUT2D eigenvalue weighted by molar-refractivity contribution is -0.245. The summed E-state index contributed by atoms with van der Waals surface area (Å²) in [6.45, 7) is 2.51. The first kappa shape index (κ1) is 21.0. The van der Waals surface area contributed by atoms with Gasteiger partial charge in [0.1, 0.15) is 11.6 Å². The molecular weight excluding hydrogens is 372 g/mol. The van der Waals surface area contributed by atoms with Gasteiger partial charge in [0.25, 0.3) is 0 Å². The molecule has 0 heterocycles. The minimum atomic E-state index is -5.31. The fourth-order valence-corrected chi connectivity index (χ4v) is 1.90. The number of carbonyl (C=O) groups is 1. The van der Waals surface area contributed by atoms with E-state index in [1.54, 1.807) is 6.92 Å². The number of anilines is 1. The van der Waals surface area contributed by atoms with Gasteiger partial charge in [-0.25, -0.2) is 4.39 Å². The van der Waals surface area contributed by atoms with Gasteiger partial charge in [0.2, 0.25) is 5.60 Å². The first-order valence-electron chi connectivity index (χ1n) is 6.88. The predicted molar refractivity (Wildman–Crippen MR) is 82.5 cm³/mol. The maximum Gasteiger partial charge on any atom is 0.423 e. The van der Waals surface area contributed by atoms with Crippen LogP contribution in [0.15, 0.2) is 17.2 Å². The monoisotopic (exact) mass is 386 g/mol. The second-order valence-corrected chi connectivity index (χ2v) is 5.36. The lowest BCUT2D eigenvalue weighted by Gasteiger charge is -2.29. The molecule has 0 amide bonds. The number of carboxylic acid groups (broad SMARTS) is 1. The number of benzene rings is 1. The number of alkyl halides is 3. The molecule has 0 bridgehead atoms. The van der Waals surface area contributed by atoms with Crippen LogP contribution in [0.5, 0.6) is 5.75 Å². The zero-order chi connectivity index (χ0) is 19.4. The standard InChI is InChI=1S/C14H15ClF4N2O4/c1-3-25-11-5-10(9(16)4-8(11)15)21-20-6-13(24,14(17,18)19)7(2)12(22)23/h4-7,21,24H,3H2,1-2H3,(H,22,23)/b20-6+. The number of hydrogen-bond acceptors (Lipinski definition) is 5. The smallest absolute Gasteiger partial charge is 0.423 e. The molecule has 2 unspecified atom stereocenters. The molecule has 3 N–H and O–H groups in total. The van der Waals surface area contributed by atoms with Crippen molar-refractivity contribution < 1.29 is 37.3 Å². The highest BCUT2D eigenvalue weighted by Crippen LogP contribution is 2.35. The highest BCUT2D eigenvalue weighted by molar-refractivity contribution is 6.32. The third kappa shape index (κ3) is 4.73. The molecule has 11 heteroatoms. The van der Waals surface area contributed by atoms with E-state index in [9.17, 15) is 27.5 Å². The van der Waals surface area contributed by atoms with Gasteiger partial charge in [-0.05, 0) is 19.9 Å². The Bertz CT molecular complexity index is 669. The van der Waals surface area contributed by atoms with Crippen LogP contribution in [0.2, 0.25) is 5.02 Å². The summed E-state index contributed by atoms with van der Waals surface area (Å²) in [6, 6.07) is 1.92. The molecule has 1 rings (SSSR count). The van der Waals surface area contributed by atoms with E-state index in [-0.39, 0.29) is 29.3 Å². The van der Waals surface area contributed by atoms with E-state index in [0.29, 0.717) is 6.92 Å². The van der Waals surface area contributed by atoms with Gasteiger partial charge in [-0.15, -0.1) is 0 Å². The number of halogens is 5. The van der Waals surface area contributed by atoms with Crippen molar-refractivity contribution in [3.8, 4) is 5.75 Å². The molecule has 0 aliphatic rings. The maximum atomic E-state index is 13.8. The number of ether oxygens (including phenoxy) is 1. The minimum absolute atomic E-state index is 0.0415. The number of hydrogen-bond donors (Lipinski definition) is 3. The lowest BCUT2D eigenvalue weighted by Crippen LogP contribution is -2.54. The van der Waals surface area contributed by atoms with Crippen LogP contribution in [0.3, 0.4) is 0 Å². The summed E-state index contributed by atoms with van der Waals surface area (Å²) in [5, 5.41) is 21.5. The summed E-state index contributed by atoms with van der Waals surface area (Å²) in [5.74, 6) is -5.00. The molecule has 0 saturated heterocycles. The first-order valence-corrected chi connectivity index (χ1v) is 7.25. The Morgan fingerprint density at radius 3 is 2.56 bits per heavy atom. The van der Waals surface area contributed by atoms with E-state index in [1.165, 1.54) is 0 Å². The van der Waals surface area contributed by atoms with E-state index in [1.807, 2.05) is 5.43 Å². The molecule has 0 aliphatic heterocycles. The number of hydrazone groups is 1.